The van der Waals surface area contributed by atoms with Gasteiger partial charge in [-0.3, -0.25) is 39.1 Å². The second kappa shape index (κ2) is 10.5. The summed E-state index contributed by atoms with van der Waals surface area (Å²) in [4.78, 5) is 64.0. The van der Waals surface area contributed by atoms with Crippen LogP contribution in [0, 0.1) is 27.9 Å². The molecule has 12 nitrogen and oxygen atoms in total. The molecule has 0 radical (unpaired) electrons. The van der Waals surface area contributed by atoms with Gasteiger partial charge in [0.25, 0.3) is 17.5 Å². The highest BCUT2D eigenvalue weighted by Gasteiger charge is 2.76. The summed E-state index contributed by atoms with van der Waals surface area (Å²) in [6.07, 6.45) is 1.63. The number of benzene rings is 2. The van der Waals surface area contributed by atoms with Gasteiger partial charge in [0.15, 0.2) is 9.75 Å². The number of carbonyl (C=O) groups is 4. The van der Waals surface area contributed by atoms with Crippen molar-refractivity contribution >= 4 is 74.1 Å². The number of nitrogens with zero attached hydrogens (tertiary/aromatic N) is 3. The first kappa shape index (κ1) is 30.4. The summed E-state index contributed by atoms with van der Waals surface area (Å²) < 4.78 is 11.2. The van der Waals surface area contributed by atoms with Crippen molar-refractivity contribution in [2.45, 2.75) is 28.5 Å². The number of nitro groups is 1. The smallest absolute Gasteiger partial charge is 0.269 e. The van der Waals surface area contributed by atoms with E-state index in [1.807, 2.05) is 0 Å². The molecule has 2 aromatic rings. The zero-order chi connectivity index (χ0) is 31.9. The lowest BCUT2D eigenvalue weighted by atomic mass is 9.56. The summed E-state index contributed by atoms with van der Waals surface area (Å²) in [7, 11) is 2.71. The van der Waals surface area contributed by atoms with Gasteiger partial charge in [0, 0.05) is 35.7 Å². The topological polar surface area (TPSA) is 157 Å². The predicted molar refractivity (Wildman–Crippen MR) is 160 cm³/mol. The number of alkyl halides is 3. The van der Waals surface area contributed by atoms with Gasteiger partial charge in [0.2, 0.25) is 11.8 Å². The highest BCUT2D eigenvalue weighted by Crippen LogP contribution is 2.67. The third kappa shape index (κ3) is 3.88. The molecule has 2 saturated heterocycles. The van der Waals surface area contributed by atoms with Crippen molar-refractivity contribution in [2.75, 3.05) is 24.6 Å². The Morgan fingerprint density at radius 1 is 1.02 bits per heavy atom. The molecular weight excluding hydrogens is 685 g/mol. The molecule has 2 aromatic carbocycles. The lowest BCUT2D eigenvalue weighted by molar-refractivity contribution is -0.384. The van der Waals surface area contributed by atoms with Crippen molar-refractivity contribution in [3.05, 3.63) is 63.7 Å². The summed E-state index contributed by atoms with van der Waals surface area (Å²) in [6, 6.07) is 7.69. The number of nitro benzene ring substituents is 1. The zero-order valence-corrected chi connectivity index (χ0v) is 26.3. The van der Waals surface area contributed by atoms with E-state index in [4.69, 9.17) is 32.7 Å². The first-order valence-corrected chi connectivity index (χ1v) is 15.3. The Morgan fingerprint density at radius 3 is 2.18 bits per heavy atom. The largest absolute Gasteiger partial charge is 0.508 e. The fourth-order valence-electron chi connectivity index (χ4n) is 7.26. The Bertz CT molecular complexity index is 1660. The van der Waals surface area contributed by atoms with Crippen molar-refractivity contribution in [3.63, 3.8) is 0 Å². The van der Waals surface area contributed by atoms with E-state index in [1.165, 1.54) is 50.6 Å². The number of hydrogen-bond donors (Lipinski definition) is 1. The Hall–Kier alpha value is -3.68. The van der Waals surface area contributed by atoms with Gasteiger partial charge in [-0.2, -0.15) is 0 Å². The van der Waals surface area contributed by atoms with Gasteiger partial charge in [-0.15, -0.1) is 23.2 Å². The van der Waals surface area contributed by atoms with E-state index in [9.17, 15) is 34.4 Å². The molecule has 2 heterocycles. The average molecular weight is 709 g/mol. The van der Waals surface area contributed by atoms with Crippen molar-refractivity contribution in [3.8, 4) is 17.2 Å². The molecule has 6 rings (SSSR count). The standard InChI is InChI=1S/C29H24BrCl2N3O9/c1-43-19-9-15(36)10-20(44-2)22(19)23-16-7-8-17-21(18(16)11-28(31)26(39)33(12-30)27(40)29(23,28)32)25(38)34(24(17)37)13-3-5-14(6-4-13)35(41)42/h3-7,9-10,17-18,21,23,36H,8,11-12H2,1-2H3. The van der Waals surface area contributed by atoms with Gasteiger partial charge in [-0.1, -0.05) is 27.6 Å². The van der Waals surface area contributed by atoms with Gasteiger partial charge < -0.3 is 14.6 Å². The number of imide groups is 2. The zero-order valence-electron chi connectivity index (χ0n) is 23.2. The van der Waals surface area contributed by atoms with Gasteiger partial charge in [0.1, 0.15) is 17.2 Å². The minimum absolute atomic E-state index is 0.105. The molecule has 230 valence electrons. The summed E-state index contributed by atoms with van der Waals surface area (Å²) in [5, 5.41) is 21.5. The van der Waals surface area contributed by atoms with Crippen LogP contribution in [-0.4, -0.2) is 68.0 Å². The molecule has 0 bridgehead atoms. The number of carbonyl (C=O) groups excluding carboxylic acids is 4. The summed E-state index contributed by atoms with van der Waals surface area (Å²) in [5.41, 5.74) is 0.517. The number of likely N-dealkylation sites (tertiary alicyclic amines) is 1. The second-order valence-corrected chi connectivity index (χ2v) is 12.8. The second-order valence-electron chi connectivity index (χ2n) is 11.0. The predicted octanol–water partition coefficient (Wildman–Crippen LogP) is 4.23. The molecule has 1 N–H and O–H groups in total. The van der Waals surface area contributed by atoms with E-state index in [2.05, 4.69) is 15.9 Å². The molecule has 4 amide bonds. The number of ether oxygens (including phenoxy) is 2. The minimum Gasteiger partial charge on any atom is -0.508 e. The van der Waals surface area contributed by atoms with Crippen LogP contribution in [0.3, 0.4) is 0 Å². The molecule has 44 heavy (non-hydrogen) atoms. The van der Waals surface area contributed by atoms with Crippen LogP contribution in [0.2, 0.25) is 0 Å². The van der Waals surface area contributed by atoms with Crippen molar-refractivity contribution < 1.29 is 38.7 Å². The molecule has 3 fully saturated rings. The molecule has 0 spiro atoms. The molecule has 4 aliphatic rings. The minimum atomic E-state index is -2.10. The lowest BCUT2D eigenvalue weighted by Crippen LogP contribution is -2.60. The van der Waals surface area contributed by atoms with E-state index in [1.54, 1.807) is 6.08 Å². The van der Waals surface area contributed by atoms with Crippen molar-refractivity contribution in [2.24, 2.45) is 17.8 Å². The van der Waals surface area contributed by atoms with E-state index in [0.717, 1.165) is 9.80 Å². The normalized spacial score (nSPS) is 31.0. The fourth-order valence-corrected chi connectivity index (χ4v) is 8.67. The van der Waals surface area contributed by atoms with Crippen LogP contribution in [-0.2, 0) is 19.2 Å². The Kier molecular flexibility index (Phi) is 7.21. The average Bonchev–Trinajstić information content (AvgIpc) is 3.34. The monoisotopic (exact) mass is 707 g/mol. The van der Waals surface area contributed by atoms with Crippen LogP contribution in [0.25, 0.3) is 0 Å². The van der Waals surface area contributed by atoms with E-state index in [-0.39, 0.29) is 52.5 Å². The van der Waals surface area contributed by atoms with Crippen LogP contribution >= 0.6 is 39.1 Å². The fraction of sp³-hybridized carbons (Fsp3) is 0.379. The molecule has 0 aromatic heterocycles. The van der Waals surface area contributed by atoms with Crippen molar-refractivity contribution in [1.82, 2.24) is 4.90 Å². The van der Waals surface area contributed by atoms with Crippen molar-refractivity contribution in [1.29, 1.82) is 0 Å². The number of phenolic OH excluding ortho intramolecular Hbond substituents is 1. The number of rotatable bonds is 6. The highest BCUT2D eigenvalue weighted by atomic mass is 79.9. The number of fused-ring (bicyclic) bond motifs is 4. The molecule has 15 heteroatoms. The molecule has 2 aliphatic carbocycles. The van der Waals surface area contributed by atoms with Crippen LogP contribution in [0.15, 0.2) is 48.0 Å². The summed E-state index contributed by atoms with van der Waals surface area (Å²) in [6.45, 7) is 0. The van der Waals surface area contributed by atoms with Crippen LogP contribution < -0.4 is 14.4 Å². The van der Waals surface area contributed by atoms with Gasteiger partial charge in [-0.05, 0) is 30.9 Å². The number of phenols is 1. The molecule has 1 saturated carbocycles. The van der Waals surface area contributed by atoms with Crippen LogP contribution in [0.1, 0.15) is 24.3 Å². The molecule has 6 atom stereocenters. The highest BCUT2D eigenvalue weighted by molar-refractivity contribution is 9.09. The number of non-ortho nitro benzene ring substituents is 1. The molecule has 2 aliphatic heterocycles. The molecule has 6 unspecified atom stereocenters. The SMILES string of the molecule is COc1cc(O)cc(OC)c1C1C2=CCC3C(=O)N(c4ccc([N+](=O)[O-])cc4)C(=O)C3C2CC2(Cl)C(=O)N(CBr)C(=O)C12Cl. The number of amides is 4. The number of aromatic hydroxyl groups is 1. The van der Waals surface area contributed by atoms with E-state index >= 15 is 0 Å². The number of methoxy groups -OCH3 is 2. The van der Waals surface area contributed by atoms with Gasteiger partial charge in [0.05, 0.1) is 42.1 Å². The lowest BCUT2D eigenvalue weighted by Gasteiger charge is -2.51. The third-order valence-corrected chi connectivity index (χ3v) is 11.1. The van der Waals surface area contributed by atoms with E-state index < -0.39 is 62.0 Å². The van der Waals surface area contributed by atoms with Crippen LogP contribution in [0.5, 0.6) is 17.2 Å². The first-order valence-electron chi connectivity index (χ1n) is 13.4. The van der Waals surface area contributed by atoms with Crippen LogP contribution in [0.4, 0.5) is 11.4 Å². The third-order valence-electron chi connectivity index (χ3n) is 9.15. The number of allylic oxidation sites excluding steroid dienone is 2. The summed E-state index contributed by atoms with van der Waals surface area (Å²) >= 11 is 17.7. The molecular formula is C29H24BrCl2N3O9. The van der Waals surface area contributed by atoms with E-state index in [0.29, 0.717) is 5.57 Å². The van der Waals surface area contributed by atoms with Gasteiger partial charge >= 0.3 is 0 Å². The Morgan fingerprint density at radius 2 is 1.64 bits per heavy atom. The first-order chi connectivity index (χ1) is 20.8. The maximum atomic E-state index is 14.1. The quantitative estimate of drug-likeness (QED) is 0.116. The Balaban J connectivity index is 1.54. The number of anilines is 1. The number of halogens is 3. The maximum absolute atomic E-state index is 14.1. The van der Waals surface area contributed by atoms with Gasteiger partial charge in [-0.25, -0.2) is 0 Å². The number of hydrogen-bond acceptors (Lipinski definition) is 9. The Labute approximate surface area is 268 Å². The maximum Gasteiger partial charge on any atom is 0.269 e. The summed E-state index contributed by atoms with van der Waals surface area (Å²) in [5.74, 6) is -6.37.